The van der Waals surface area contributed by atoms with E-state index in [0.717, 1.165) is 0 Å². The number of amides is 1. The monoisotopic (exact) mass is 229 g/mol. The van der Waals surface area contributed by atoms with Crippen molar-refractivity contribution in [2.24, 2.45) is 0 Å². The molecule has 0 bridgehead atoms. The van der Waals surface area contributed by atoms with Crippen molar-refractivity contribution in [1.82, 2.24) is 5.32 Å². The molecule has 0 atom stereocenters. The smallest absolute Gasteiger partial charge is 0.211 e. The minimum Gasteiger partial charge on any atom is -0.504 e. The molecule has 2 aromatic rings. The fourth-order valence-corrected chi connectivity index (χ4v) is 1.74. The van der Waals surface area contributed by atoms with E-state index in [1.54, 1.807) is 24.3 Å². The fraction of sp³-hybridized carbons (Fsp3) is 0. The molecule has 3 N–H and O–H groups in total. The molecule has 0 aliphatic carbocycles. The fourth-order valence-electron chi connectivity index (χ4n) is 1.74. The third kappa shape index (κ3) is 1.80. The van der Waals surface area contributed by atoms with E-state index in [0.29, 0.717) is 28.4 Å². The molecule has 86 valence electrons. The van der Waals surface area contributed by atoms with Gasteiger partial charge in [-0.2, -0.15) is 0 Å². The largest absolute Gasteiger partial charge is 0.504 e. The van der Waals surface area contributed by atoms with Crippen molar-refractivity contribution in [3.05, 3.63) is 42.5 Å². The Labute approximate surface area is 97.8 Å². The van der Waals surface area contributed by atoms with Crippen LogP contribution in [-0.2, 0) is 4.79 Å². The van der Waals surface area contributed by atoms with Gasteiger partial charge in [-0.3, -0.25) is 4.79 Å². The highest BCUT2D eigenvalue weighted by molar-refractivity contribution is 5.99. The summed E-state index contributed by atoms with van der Waals surface area (Å²) in [6.45, 7) is 3.70. The average molecular weight is 229 g/mol. The Bertz CT molecular complexity index is 605. The lowest BCUT2D eigenvalue weighted by molar-refractivity contribution is -0.108. The number of nitrogens with one attached hydrogen (secondary N) is 1. The second-order valence-corrected chi connectivity index (χ2v) is 3.58. The van der Waals surface area contributed by atoms with Gasteiger partial charge in [0, 0.05) is 16.6 Å². The number of phenolic OH excluding ortho intramolecular Hbond substituents is 2. The van der Waals surface area contributed by atoms with Gasteiger partial charge in [0.15, 0.2) is 11.5 Å². The average Bonchev–Trinajstić information content (AvgIpc) is 2.34. The molecule has 0 aromatic heterocycles. The lowest BCUT2D eigenvalue weighted by Gasteiger charge is -2.11. The molecule has 0 fully saturated rings. The molecule has 4 heteroatoms. The van der Waals surface area contributed by atoms with Gasteiger partial charge in [-0.15, -0.1) is 0 Å². The molecule has 0 unspecified atom stereocenters. The molecular weight excluding hydrogens is 218 g/mol. The summed E-state index contributed by atoms with van der Waals surface area (Å²) >= 11 is 0. The molecule has 0 saturated carbocycles. The van der Waals surface area contributed by atoms with E-state index in [4.69, 9.17) is 0 Å². The van der Waals surface area contributed by atoms with Crippen molar-refractivity contribution in [3.8, 4) is 11.5 Å². The lowest BCUT2D eigenvalue weighted by atomic mass is 10.0. The first kappa shape index (κ1) is 11.0. The Morgan fingerprint density at radius 1 is 1.24 bits per heavy atom. The van der Waals surface area contributed by atoms with Gasteiger partial charge in [-0.25, -0.2) is 0 Å². The van der Waals surface area contributed by atoms with Crippen LogP contribution in [0.1, 0.15) is 5.56 Å². The summed E-state index contributed by atoms with van der Waals surface area (Å²) in [6, 6.07) is 8.39. The number of hydrogen-bond acceptors (Lipinski definition) is 3. The van der Waals surface area contributed by atoms with Crippen molar-refractivity contribution in [2.75, 3.05) is 0 Å². The quantitative estimate of drug-likeness (QED) is 0.556. The van der Waals surface area contributed by atoms with Gasteiger partial charge >= 0.3 is 0 Å². The van der Waals surface area contributed by atoms with Crippen LogP contribution in [0.5, 0.6) is 11.5 Å². The van der Waals surface area contributed by atoms with Crippen LogP contribution in [-0.4, -0.2) is 16.6 Å². The lowest BCUT2D eigenvalue weighted by Crippen LogP contribution is -2.07. The van der Waals surface area contributed by atoms with Crippen LogP contribution in [0.25, 0.3) is 16.5 Å². The zero-order valence-corrected chi connectivity index (χ0v) is 8.97. The summed E-state index contributed by atoms with van der Waals surface area (Å²) < 4.78 is 0. The Morgan fingerprint density at radius 3 is 2.53 bits per heavy atom. The van der Waals surface area contributed by atoms with E-state index in [2.05, 4.69) is 11.9 Å². The Morgan fingerprint density at radius 2 is 1.88 bits per heavy atom. The van der Waals surface area contributed by atoms with Crippen LogP contribution >= 0.6 is 0 Å². The second-order valence-electron chi connectivity index (χ2n) is 3.58. The van der Waals surface area contributed by atoms with Gasteiger partial charge in [0.25, 0.3) is 0 Å². The summed E-state index contributed by atoms with van der Waals surface area (Å²) in [7, 11) is 0. The number of hydrogen-bond donors (Lipinski definition) is 3. The van der Waals surface area contributed by atoms with Crippen LogP contribution in [0.4, 0.5) is 0 Å². The van der Waals surface area contributed by atoms with Gasteiger partial charge in [-0.05, 0) is 11.5 Å². The summed E-state index contributed by atoms with van der Waals surface area (Å²) in [5.41, 5.74) is 0.939. The normalized spacial score (nSPS) is 10.1. The topological polar surface area (TPSA) is 69.6 Å². The highest BCUT2D eigenvalue weighted by Crippen LogP contribution is 2.37. The van der Waals surface area contributed by atoms with Crippen LogP contribution in [0.15, 0.2) is 36.9 Å². The number of carbonyl (C=O) groups excluding carboxylic acids is 1. The maximum Gasteiger partial charge on any atom is 0.211 e. The maximum absolute atomic E-state index is 10.4. The van der Waals surface area contributed by atoms with E-state index in [9.17, 15) is 15.0 Å². The number of phenols is 2. The summed E-state index contributed by atoms with van der Waals surface area (Å²) in [5.74, 6) is -0.421. The molecule has 0 saturated heterocycles. The van der Waals surface area contributed by atoms with Gasteiger partial charge in [0.2, 0.25) is 6.41 Å². The third-order valence-corrected chi connectivity index (χ3v) is 2.55. The summed E-state index contributed by atoms with van der Waals surface area (Å²) in [4.78, 5) is 10.4. The van der Waals surface area contributed by atoms with Crippen molar-refractivity contribution in [3.63, 3.8) is 0 Å². The molecule has 2 aromatic carbocycles. The molecular formula is C13H11NO3. The van der Waals surface area contributed by atoms with E-state index in [-0.39, 0.29) is 11.5 Å². The standard InChI is InChI=1S/C13H11NO3/c1-8(14-7-15)11-6-12(16)13(17)10-5-3-2-4-9(10)11/h2-7,16-17H,1H2,(H,14,15). The Kier molecular flexibility index (Phi) is 2.70. The van der Waals surface area contributed by atoms with E-state index in [1.807, 2.05) is 0 Å². The first-order valence-electron chi connectivity index (χ1n) is 4.98. The zero-order valence-electron chi connectivity index (χ0n) is 8.97. The van der Waals surface area contributed by atoms with Crippen molar-refractivity contribution in [2.45, 2.75) is 0 Å². The minimum atomic E-state index is -0.243. The van der Waals surface area contributed by atoms with Crippen LogP contribution in [0.3, 0.4) is 0 Å². The van der Waals surface area contributed by atoms with Crippen molar-refractivity contribution in [1.29, 1.82) is 0 Å². The molecule has 4 nitrogen and oxygen atoms in total. The predicted octanol–water partition coefficient (Wildman–Crippen LogP) is 1.97. The first-order chi connectivity index (χ1) is 8.15. The van der Waals surface area contributed by atoms with Crippen LogP contribution in [0.2, 0.25) is 0 Å². The molecule has 17 heavy (non-hydrogen) atoms. The van der Waals surface area contributed by atoms with Crippen molar-refractivity contribution < 1.29 is 15.0 Å². The molecule has 2 rings (SSSR count). The van der Waals surface area contributed by atoms with Gasteiger partial charge in [0.05, 0.1) is 0 Å². The van der Waals surface area contributed by atoms with Crippen LogP contribution in [0, 0.1) is 0 Å². The molecule has 0 heterocycles. The number of carbonyl (C=O) groups is 1. The minimum absolute atomic E-state index is 0.178. The van der Waals surface area contributed by atoms with Gasteiger partial charge < -0.3 is 15.5 Å². The molecule has 0 spiro atoms. The molecule has 1 amide bonds. The van der Waals surface area contributed by atoms with Crippen molar-refractivity contribution >= 4 is 22.9 Å². The summed E-state index contributed by atoms with van der Waals surface area (Å²) in [6.07, 6.45) is 0.515. The number of rotatable bonds is 3. The Hall–Kier alpha value is -2.49. The van der Waals surface area contributed by atoms with E-state index < -0.39 is 0 Å². The number of benzene rings is 2. The second kappa shape index (κ2) is 4.17. The molecule has 0 aliphatic heterocycles. The number of fused-ring (bicyclic) bond motifs is 1. The maximum atomic E-state index is 10.4. The first-order valence-corrected chi connectivity index (χ1v) is 4.98. The van der Waals surface area contributed by atoms with Gasteiger partial charge in [0.1, 0.15) is 0 Å². The molecule has 0 aliphatic rings. The molecule has 0 radical (unpaired) electrons. The van der Waals surface area contributed by atoms with E-state index >= 15 is 0 Å². The zero-order chi connectivity index (χ0) is 12.4. The SMILES string of the molecule is C=C(NC=O)c1cc(O)c(O)c2ccccc12. The predicted molar refractivity (Wildman–Crippen MR) is 65.5 cm³/mol. The Balaban J connectivity index is 2.75. The highest BCUT2D eigenvalue weighted by atomic mass is 16.3. The highest BCUT2D eigenvalue weighted by Gasteiger charge is 2.11. The van der Waals surface area contributed by atoms with E-state index in [1.165, 1.54) is 6.07 Å². The van der Waals surface area contributed by atoms with Crippen LogP contribution < -0.4 is 5.32 Å². The van der Waals surface area contributed by atoms with Gasteiger partial charge in [-0.1, -0.05) is 30.8 Å². The number of aromatic hydroxyl groups is 2. The summed E-state index contributed by atoms with van der Waals surface area (Å²) in [5, 5.41) is 23.0. The third-order valence-electron chi connectivity index (χ3n) is 2.55.